The molecule has 0 amide bonds. The third-order valence-electron chi connectivity index (χ3n) is 3.22. The number of thiazole rings is 1. The van der Waals surface area contributed by atoms with Gasteiger partial charge in [0.1, 0.15) is 5.15 Å². The summed E-state index contributed by atoms with van der Waals surface area (Å²) in [4.78, 5) is 4.17. The third kappa shape index (κ3) is 1.98. The van der Waals surface area contributed by atoms with Crippen LogP contribution in [0.2, 0.25) is 5.15 Å². The maximum atomic E-state index is 5.80. The number of nitrogens with one attached hydrogen (secondary N) is 1. The van der Waals surface area contributed by atoms with Crippen LogP contribution in [0.15, 0.2) is 5.38 Å². The maximum Gasteiger partial charge on any atom is 0.184 e. The number of fused-ring (bicyclic) bond motifs is 2. The fraction of sp³-hybridized carbons (Fsp3) is 0.700. The SMILES string of the molecule is Clc1csc(NCC2CC3CCC2O3)n1. The molecule has 0 radical (unpaired) electrons. The van der Waals surface area contributed by atoms with Gasteiger partial charge in [-0.2, -0.15) is 0 Å². The second kappa shape index (κ2) is 3.92. The molecule has 2 aliphatic heterocycles. The predicted molar refractivity (Wildman–Crippen MR) is 61.6 cm³/mol. The van der Waals surface area contributed by atoms with E-state index in [4.69, 9.17) is 16.3 Å². The molecule has 15 heavy (non-hydrogen) atoms. The van der Waals surface area contributed by atoms with E-state index in [-0.39, 0.29) is 0 Å². The van der Waals surface area contributed by atoms with Crippen LogP contribution in [0.25, 0.3) is 0 Å². The van der Waals surface area contributed by atoms with Crippen molar-refractivity contribution in [3.05, 3.63) is 10.5 Å². The molecule has 1 aromatic rings. The van der Waals surface area contributed by atoms with Gasteiger partial charge in [0.05, 0.1) is 12.2 Å². The number of nitrogens with zero attached hydrogens (tertiary/aromatic N) is 1. The second-order valence-electron chi connectivity index (χ2n) is 4.23. The highest BCUT2D eigenvalue weighted by Gasteiger charge is 2.40. The molecular weight excluding hydrogens is 232 g/mol. The van der Waals surface area contributed by atoms with Gasteiger partial charge in [0.25, 0.3) is 0 Å². The summed E-state index contributed by atoms with van der Waals surface area (Å²) in [7, 11) is 0. The lowest BCUT2D eigenvalue weighted by molar-refractivity contribution is 0.0941. The van der Waals surface area contributed by atoms with Gasteiger partial charge in [-0.05, 0) is 19.3 Å². The standard InChI is InChI=1S/C10H13ClN2OS/c11-9-5-15-10(13-9)12-4-6-3-7-1-2-8(6)14-7/h5-8H,1-4H2,(H,12,13). The largest absolute Gasteiger partial charge is 0.375 e. The Morgan fingerprint density at radius 3 is 3.13 bits per heavy atom. The second-order valence-corrected chi connectivity index (χ2v) is 5.47. The zero-order valence-electron chi connectivity index (χ0n) is 8.28. The van der Waals surface area contributed by atoms with Gasteiger partial charge < -0.3 is 10.1 Å². The summed E-state index contributed by atoms with van der Waals surface area (Å²) in [5.41, 5.74) is 0. The fourth-order valence-corrected chi connectivity index (χ4v) is 3.36. The van der Waals surface area contributed by atoms with E-state index in [1.807, 2.05) is 5.38 Å². The van der Waals surface area contributed by atoms with Gasteiger partial charge in [-0.3, -0.25) is 0 Å². The molecule has 3 nitrogen and oxygen atoms in total. The van der Waals surface area contributed by atoms with Crippen LogP contribution in [0.1, 0.15) is 19.3 Å². The molecule has 3 rings (SSSR count). The molecular formula is C10H13ClN2OS. The van der Waals surface area contributed by atoms with E-state index in [2.05, 4.69) is 10.3 Å². The lowest BCUT2D eigenvalue weighted by Crippen LogP contribution is -2.24. The Kier molecular flexibility index (Phi) is 2.58. The van der Waals surface area contributed by atoms with E-state index >= 15 is 0 Å². The fourth-order valence-electron chi connectivity index (χ4n) is 2.51. The number of hydrogen-bond donors (Lipinski definition) is 1. The summed E-state index contributed by atoms with van der Waals surface area (Å²) in [5.74, 6) is 0.659. The Hall–Kier alpha value is -0.320. The summed E-state index contributed by atoms with van der Waals surface area (Å²) in [6.07, 6.45) is 4.70. The van der Waals surface area contributed by atoms with Gasteiger partial charge in [0, 0.05) is 17.8 Å². The number of ether oxygens (including phenoxy) is 1. The Bertz CT molecular complexity index is 357. The van der Waals surface area contributed by atoms with Crippen molar-refractivity contribution in [2.45, 2.75) is 31.5 Å². The molecule has 3 atom stereocenters. The molecule has 82 valence electrons. The number of aromatic nitrogens is 1. The molecule has 2 saturated heterocycles. The smallest absolute Gasteiger partial charge is 0.184 e. The van der Waals surface area contributed by atoms with E-state index in [1.54, 1.807) is 11.3 Å². The number of anilines is 1. The molecule has 1 N–H and O–H groups in total. The van der Waals surface area contributed by atoms with Crippen molar-refractivity contribution in [1.82, 2.24) is 4.98 Å². The molecule has 0 spiro atoms. The first kappa shape index (κ1) is 9.87. The van der Waals surface area contributed by atoms with E-state index in [9.17, 15) is 0 Å². The predicted octanol–water partition coefficient (Wildman–Crippen LogP) is 2.78. The molecule has 0 aromatic carbocycles. The summed E-state index contributed by atoms with van der Waals surface area (Å²) in [6, 6.07) is 0. The van der Waals surface area contributed by atoms with Gasteiger partial charge in [0.2, 0.25) is 0 Å². The van der Waals surface area contributed by atoms with Crippen molar-refractivity contribution in [3.8, 4) is 0 Å². The van der Waals surface area contributed by atoms with E-state index in [1.165, 1.54) is 19.3 Å². The van der Waals surface area contributed by atoms with Crippen LogP contribution >= 0.6 is 22.9 Å². The van der Waals surface area contributed by atoms with Crippen LogP contribution in [0.3, 0.4) is 0 Å². The van der Waals surface area contributed by atoms with E-state index in [0.717, 1.165) is 11.7 Å². The number of halogens is 1. The van der Waals surface area contributed by atoms with Gasteiger partial charge in [-0.1, -0.05) is 11.6 Å². The summed E-state index contributed by atoms with van der Waals surface area (Å²) in [5, 5.41) is 6.68. The molecule has 2 fully saturated rings. The van der Waals surface area contributed by atoms with Crippen LogP contribution in [0.5, 0.6) is 0 Å². The minimum absolute atomic E-state index is 0.484. The first-order valence-electron chi connectivity index (χ1n) is 5.31. The minimum atomic E-state index is 0.484. The first-order chi connectivity index (χ1) is 7.31. The average Bonchev–Trinajstić information content (AvgIpc) is 2.90. The Balaban J connectivity index is 1.54. The highest BCUT2D eigenvalue weighted by molar-refractivity contribution is 7.14. The van der Waals surface area contributed by atoms with Crippen LogP contribution < -0.4 is 5.32 Å². The highest BCUT2D eigenvalue weighted by atomic mass is 35.5. The molecule has 2 bridgehead atoms. The van der Waals surface area contributed by atoms with Gasteiger partial charge >= 0.3 is 0 Å². The number of rotatable bonds is 3. The topological polar surface area (TPSA) is 34.1 Å². The Morgan fingerprint density at radius 2 is 2.53 bits per heavy atom. The Morgan fingerprint density at radius 1 is 1.60 bits per heavy atom. The zero-order chi connectivity index (χ0) is 10.3. The van der Waals surface area contributed by atoms with Crippen molar-refractivity contribution < 1.29 is 4.74 Å². The monoisotopic (exact) mass is 244 g/mol. The Labute approximate surface area is 97.8 Å². The molecule has 2 aliphatic rings. The van der Waals surface area contributed by atoms with Gasteiger partial charge in [-0.25, -0.2) is 4.98 Å². The lowest BCUT2D eigenvalue weighted by Gasteiger charge is -2.18. The number of hydrogen-bond acceptors (Lipinski definition) is 4. The summed E-state index contributed by atoms with van der Waals surface area (Å²) < 4.78 is 5.80. The molecule has 5 heteroatoms. The van der Waals surface area contributed by atoms with Crippen molar-refractivity contribution in [1.29, 1.82) is 0 Å². The molecule has 1 aromatic heterocycles. The van der Waals surface area contributed by atoms with E-state index < -0.39 is 0 Å². The van der Waals surface area contributed by atoms with Gasteiger partial charge in [0.15, 0.2) is 5.13 Å². The molecule has 3 unspecified atom stereocenters. The van der Waals surface area contributed by atoms with Crippen molar-refractivity contribution in [2.24, 2.45) is 5.92 Å². The minimum Gasteiger partial charge on any atom is -0.375 e. The molecule has 0 aliphatic carbocycles. The first-order valence-corrected chi connectivity index (χ1v) is 6.57. The molecule has 3 heterocycles. The summed E-state index contributed by atoms with van der Waals surface area (Å²) >= 11 is 7.31. The quantitative estimate of drug-likeness (QED) is 0.888. The van der Waals surface area contributed by atoms with Crippen molar-refractivity contribution in [2.75, 3.05) is 11.9 Å². The normalized spacial score (nSPS) is 33.5. The van der Waals surface area contributed by atoms with Gasteiger partial charge in [-0.15, -0.1) is 11.3 Å². The third-order valence-corrected chi connectivity index (χ3v) is 4.35. The average molecular weight is 245 g/mol. The lowest BCUT2D eigenvalue weighted by atomic mass is 9.89. The van der Waals surface area contributed by atoms with Crippen molar-refractivity contribution >= 4 is 28.1 Å². The molecule has 0 saturated carbocycles. The van der Waals surface area contributed by atoms with Crippen LogP contribution in [-0.4, -0.2) is 23.7 Å². The van der Waals surface area contributed by atoms with Crippen LogP contribution in [0.4, 0.5) is 5.13 Å². The zero-order valence-corrected chi connectivity index (χ0v) is 9.85. The van der Waals surface area contributed by atoms with Crippen LogP contribution in [-0.2, 0) is 4.74 Å². The van der Waals surface area contributed by atoms with Crippen LogP contribution in [0, 0.1) is 5.92 Å². The van der Waals surface area contributed by atoms with Crippen molar-refractivity contribution in [3.63, 3.8) is 0 Å². The van der Waals surface area contributed by atoms with E-state index in [0.29, 0.717) is 23.3 Å². The highest BCUT2D eigenvalue weighted by Crippen LogP contribution is 2.38. The summed E-state index contributed by atoms with van der Waals surface area (Å²) in [6.45, 7) is 0.963. The maximum absolute atomic E-state index is 5.80.